The normalized spacial score (nSPS) is 12.9. The lowest BCUT2D eigenvalue weighted by atomic mass is 10.1. The van der Waals surface area contributed by atoms with Crippen LogP contribution in [0, 0.1) is 6.92 Å². The van der Waals surface area contributed by atoms with Crippen molar-refractivity contribution in [2.45, 2.75) is 31.1 Å². The number of thiazole rings is 1. The van der Waals surface area contributed by atoms with Gasteiger partial charge in [0.1, 0.15) is 5.01 Å². The Morgan fingerprint density at radius 1 is 1.26 bits per heavy atom. The molecule has 0 aliphatic carbocycles. The van der Waals surface area contributed by atoms with Crippen LogP contribution >= 0.6 is 11.3 Å². The van der Waals surface area contributed by atoms with Crippen molar-refractivity contribution in [2.75, 3.05) is 13.3 Å². The summed E-state index contributed by atoms with van der Waals surface area (Å²) in [6, 6.07) is 5.00. The molecule has 6 nitrogen and oxygen atoms in total. The Bertz CT molecular complexity index is 937. The molecule has 0 unspecified atom stereocenters. The maximum atomic E-state index is 12.6. The van der Waals surface area contributed by atoms with E-state index in [-0.39, 0.29) is 11.4 Å². The fourth-order valence-corrected chi connectivity index (χ4v) is 4.03. The zero-order valence-corrected chi connectivity index (χ0v) is 16.5. The number of aromatic nitrogens is 1. The topological polar surface area (TPSA) is 83.5 Å². The van der Waals surface area contributed by atoms with Crippen LogP contribution in [0.1, 0.15) is 21.8 Å². The molecule has 2 N–H and O–H groups in total. The van der Waals surface area contributed by atoms with Crippen LogP contribution in [0.3, 0.4) is 0 Å². The highest BCUT2D eigenvalue weighted by Crippen LogP contribution is 2.29. The largest absolute Gasteiger partial charge is 0.434 e. The van der Waals surface area contributed by atoms with Crippen molar-refractivity contribution >= 4 is 27.1 Å². The van der Waals surface area contributed by atoms with Crippen molar-refractivity contribution < 1.29 is 21.6 Å². The van der Waals surface area contributed by atoms with E-state index in [1.807, 2.05) is 0 Å². The Morgan fingerprint density at radius 2 is 1.93 bits per heavy atom. The van der Waals surface area contributed by atoms with Crippen molar-refractivity contribution in [2.24, 2.45) is 4.99 Å². The molecular weight excluding hydrogens is 401 g/mol. The van der Waals surface area contributed by atoms with Gasteiger partial charge in [0.05, 0.1) is 11.4 Å². The van der Waals surface area contributed by atoms with E-state index in [0.29, 0.717) is 23.1 Å². The number of halogens is 3. The fraction of sp³-hybridized carbons (Fsp3) is 0.375. The number of hydrogen-bond acceptors (Lipinski definition) is 5. The summed E-state index contributed by atoms with van der Waals surface area (Å²) < 4.78 is 61.0. The van der Waals surface area contributed by atoms with Crippen LogP contribution in [-0.4, -0.2) is 32.7 Å². The quantitative estimate of drug-likeness (QED) is 0.574. The van der Waals surface area contributed by atoms with Crippen LogP contribution in [0.25, 0.3) is 0 Å². The minimum Gasteiger partial charge on any atom is -0.352 e. The van der Waals surface area contributed by atoms with Gasteiger partial charge in [0.15, 0.2) is 21.5 Å². The van der Waals surface area contributed by atoms with Crippen molar-refractivity contribution in [3.8, 4) is 0 Å². The standard InChI is InChI=1S/C16H19F3N4O2S2/c1-10-6-11(4-5-12(10)27(3,24)25)7-21-15(20-2)22-8-14-23-13(9-26-14)16(17,18)19/h4-6,9H,7-8H2,1-3H3,(H2,20,21,22). The summed E-state index contributed by atoms with van der Waals surface area (Å²) in [5, 5.41) is 7.18. The van der Waals surface area contributed by atoms with Gasteiger partial charge in [0, 0.05) is 25.2 Å². The van der Waals surface area contributed by atoms with E-state index in [1.165, 1.54) is 7.05 Å². The van der Waals surface area contributed by atoms with Gasteiger partial charge in [0.25, 0.3) is 0 Å². The number of benzene rings is 1. The van der Waals surface area contributed by atoms with Gasteiger partial charge in [-0.3, -0.25) is 4.99 Å². The van der Waals surface area contributed by atoms with Gasteiger partial charge in [-0.15, -0.1) is 11.3 Å². The second-order valence-electron chi connectivity index (χ2n) is 5.78. The van der Waals surface area contributed by atoms with Crippen LogP contribution in [0.4, 0.5) is 13.2 Å². The number of sulfone groups is 1. The molecule has 0 aliphatic heterocycles. The van der Waals surface area contributed by atoms with E-state index in [2.05, 4.69) is 20.6 Å². The van der Waals surface area contributed by atoms with Gasteiger partial charge >= 0.3 is 6.18 Å². The summed E-state index contributed by atoms with van der Waals surface area (Å²) >= 11 is 0.916. The Morgan fingerprint density at radius 3 is 2.44 bits per heavy atom. The van der Waals surface area contributed by atoms with Gasteiger partial charge in [-0.05, 0) is 24.1 Å². The Balaban J connectivity index is 1.94. The predicted molar refractivity (Wildman–Crippen MR) is 98.4 cm³/mol. The first-order chi connectivity index (χ1) is 12.5. The summed E-state index contributed by atoms with van der Waals surface area (Å²) in [5.74, 6) is 0.392. The molecule has 0 atom stereocenters. The molecule has 2 rings (SSSR count). The first-order valence-corrected chi connectivity index (χ1v) is 10.5. The maximum Gasteiger partial charge on any atom is 0.434 e. The van der Waals surface area contributed by atoms with Crippen LogP contribution in [0.5, 0.6) is 0 Å². The number of hydrogen-bond donors (Lipinski definition) is 2. The molecule has 0 saturated carbocycles. The monoisotopic (exact) mass is 420 g/mol. The Labute approximate surface area is 159 Å². The van der Waals surface area contributed by atoms with Crippen LogP contribution in [0.2, 0.25) is 0 Å². The van der Waals surface area contributed by atoms with Crippen LogP contribution < -0.4 is 10.6 Å². The Hall–Kier alpha value is -2.14. The maximum absolute atomic E-state index is 12.6. The highest BCUT2D eigenvalue weighted by Gasteiger charge is 2.33. The van der Waals surface area contributed by atoms with E-state index in [1.54, 1.807) is 25.1 Å². The first kappa shape index (κ1) is 21.2. The van der Waals surface area contributed by atoms with Crippen molar-refractivity contribution in [3.63, 3.8) is 0 Å². The smallest absolute Gasteiger partial charge is 0.352 e. The lowest BCUT2D eigenvalue weighted by Gasteiger charge is -2.12. The molecule has 1 aromatic carbocycles. The highest BCUT2D eigenvalue weighted by atomic mass is 32.2. The van der Waals surface area contributed by atoms with Gasteiger partial charge in [0.2, 0.25) is 0 Å². The third kappa shape index (κ3) is 5.93. The van der Waals surface area contributed by atoms with Gasteiger partial charge in [-0.25, -0.2) is 13.4 Å². The lowest BCUT2D eigenvalue weighted by molar-refractivity contribution is -0.140. The average molecular weight is 420 g/mol. The molecule has 0 radical (unpaired) electrons. The average Bonchev–Trinajstić information content (AvgIpc) is 3.03. The molecular formula is C16H19F3N4O2S2. The van der Waals surface area contributed by atoms with Gasteiger partial charge < -0.3 is 10.6 Å². The summed E-state index contributed by atoms with van der Waals surface area (Å²) in [5.41, 5.74) is 0.576. The van der Waals surface area contributed by atoms with Gasteiger partial charge in [-0.1, -0.05) is 12.1 Å². The molecule has 2 aromatic rings. The van der Waals surface area contributed by atoms with E-state index < -0.39 is 21.7 Å². The summed E-state index contributed by atoms with van der Waals surface area (Å²) in [6.07, 6.45) is -3.30. The van der Waals surface area contributed by atoms with Crippen molar-refractivity contribution in [1.82, 2.24) is 15.6 Å². The summed E-state index contributed by atoms with van der Waals surface area (Å²) in [7, 11) is -1.74. The first-order valence-electron chi connectivity index (χ1n) is 7.76. The third-order valence-electron chi connectivity index (χ3n) is 3.57. The summed E-state index contributed by atoms with van der Waals surface area (Å²) in [4.78, 5) is 7.82. The predicted octanol–water partition coefficient (Wildman–Crippen LogP) is 2.74. The molecule has 0 spiro atoms. The molecule has 1 aromatic heterocycles. The van der Waals surface area contributed by atoms with Crippen molar-refractivity contribution in [1.29, 1.82) is 0 Å². The van der Waals surface area contributed by atoms with E-state index in [4.69, 9.17) is 0 Å². The number of rotatable bonds is 5. The molecule has 27 heavy (non-hydrogen) atoms. The molecule has 0 fully saturated rings. The number of nitrogens with zero attached hydrogens (tertiary/aromatic N) is 2. The molecule has 0 aliphatic rings. The second-order valence-corrected chi connectivity index (χ2v) is 8.70. The van der Waals surface area contributed by atoms with Crippen LogP contribution in [0.15, 0.2) is 33.5 Å². The zero-order valence-electron chi connectivity index (χ0n) is 14.9. The SMILES string of the molecule is CN=C(NCc1ccc(S(C)(=O)=O)c(C)c1)NCc1nc(C(F)(F)F)cs1. The molecule has 1 heterocycles. The number of aryl methyl sites for hydroxylation is 1. The number of aliphatic imine (C=N–C) groups is 1. The molecule has 0 amide bonds. The second kappa shape index (κ2) is 8.26. The number of alkyl halides is 3. The van der Waals surface area contributed by atoms with Crippen LogP contribution in [-0.2, 0) is 29.1 Å². The third-order valence-corrected chi connectivity index (χ3v) is 5.68. The van der Waals surface area contributed by atoms with E-state index >= 15 is 0 Å². The fourth-order valence-electron chi connectivity index (χ4n) is 2.33. The minimum absolute atomic E-state index is 0.104. The molecule has 0 bridgehead atoms. The minimum atomic E-state index is -4.45. The lowest BCUT2D eigenvalue weighted by Crippen LogP contribution is -2.36. The molecule has 0 saturated heterocycles. The van der Waals surface area contributed by atoms with E-state index in [0.717, 1.165) is 28.5 Å². The molecule has 148 valence electrons. The number of nitrogens with one attached hydrogen (secondary N) is 2. The highest BCUT2D eigenvalue weighted by molar-refractivity contribution is 7.90. The van der Waals surface area contributed by atoms with E-state index in [9.17, 15) is 21.6 Å². The Kier molecular flexibility index (Phi) is 6.47. The molecule has 11 heteroatoms. The van der Waals surface area contributed by atoms with Gasteiger partial charge in [-0.2, -0.15) is 13.2 Å². The number of guanidine groups is 1. The zero-order chi connectivity index (χ0) is 20.2. The summed E-state index contributed by atoms with van der Waals surface area (Å²) in [6.45, 7) is 2.19. The van der Waals surface area contributed by atoms with Crippen molar-refractivity contribution in [3.05, 3.63) is 45.4 Å².